The predicted octanol–water partition coefficient (Wildman–Crippen LogP) is 1.31. The van der Waals surface area contributed by atoms with E-state index in [2.05, 4.69) is 0 Å². The normalized spacial score (nSPS) is 13.5. The number of hydrogen-bond donors (Lipinski definition) is 1. The maximum absolute atomic E-state index is 9.54. The van der Waals surface area contributed by atoms with Crippen LogP contribution in [0.2, 0.25) is 0 Å². The summed E-state index contributed by atoms with van der Waals surface area (Å²) in [6.45, 7) is 0.801. The average Bonchev–Trinajstić information content (AvgIpc) is 2.61. The molecule has 1 heterocycles. The molecule has 1 aliphatic rings. The van der Waals surface area contributed by atoms with Crippen molar-refractivity contribution >= 4 is 0 Å². The van der Waals surface area contributed by atoms with Crippen LogP contribution in [0.4, 0.5) is 0 Å². The van der Waals surface area contributed by atoms with Crippen molar-refractivity contribution in [3.8, 4) is 17.2 Å². The van der Waals surface area contributed by atoms with E-state index in [9.17, 15) is 5.11 Å². The first-order valence-electron chi connectivity index (χ1n) is 4.41. The lowest BCUT2D eigenvalue weighted by Crippen LogP contribution is -1.99. The zero-order chi connectivity index (χ0) is 9.97. The number of benzene rings is 1. The molecule has 0 saturated carbocycles. The van der Waals surface area contributed by atoms with Gasteiger partial charge in [0.25, 0.3) is 0 Å². The van der Waals surface area contributed by atoms with Crippen molar-refractivity contribution in [3.05, 3.63) is 17.7 Å². The van der Waals surface area contributed by atoms with Gasteiger partial charge in [-0.25, -0.2) is 0 Å². The van der Waals surface area contributed by atoms with Crippen LogP contribution in [-0.4, -0.2) is 25.6 Å². The maximum atomic E-state index is 9.54. The quantitative estimate of drug-likeness (QED) is 0.740. The van der Waals surface area contributed by atoms with Gasteiger partial charge in [0.05, 0.1) is 6.61 Å². The number of fused-ring (bicyclic) bond motifs is 1. The summed E-state index contributed by atoms with van der Waals surface area (Å²) >= 11 is 0. The lowest BCUT2D eigenvalue weighted by molar-refractivity contribution is 0.0491. The number of phenols is 1. The summed E-state index contributed by atoms with van der Waals surface area (Å²) in [7, 11) is 1.54. The highest BCUT2D eigenvalue weighted by molar-refractivity contribution is 5.51. The van der Waals surface area contributed by atoms with Gasteiger partial charge in [0.15, 0.2) is 18.3 Å². The van der Waals surface area contributed by atoms with Crippen molar-refractivity contribution in [1.82, 2.24) is 0 Å². The van der Waals surface area contributed by atoms with Crippen molar-refractivity contribution in [2.75, 3.05) is 20.5 Å². The monoisotopic (exact) mass is 196 g/mol. The lowest BCUT2D eigenvalue weighted by atomic mass is 10.1. The molecule has 0 aliphatic carbocycles. The van der Waals surface area contributed by atoms with E-state index in [1.807, 2.05) is 0 Å². The number of rotatable bonds is 3. The molecule has 0 spiro atoms. The third-order valence-corrected chi connectivity index (χ3v) is 2.10. The Bertz CT molecular complexity index is 335. The second-order valence-corrected chi connectivity index (χ2v) is 3.08. The van der Waals surface area contributed by atoms with E-state index in [4.69, 9.17) is 14.2 Å². The number of phenolic OH excluding ortho intramolecular Hbond substituents is 1. The van der Waals surface area contributed by atoms with E-state index in [0.717, 1.165) is 17.7 Å². The molecule has 0 saturated heterocycles. The molecule has 1 aromatic rings. The highest BCUT2D eigenvalue weighted by Gasteiger charge is 2.16. The van der Waals surface area contributed by atoms with Crippen LogP contribution in [0, 0.1) is 0 Å². The van der Waals surface area contributed by atoms with Crippen molar-refractivity contribution in [1.29, 1.82) is 0 Å². The standard InChI is InChI=1S/C10H12O4/c1-12-6-14-10-4-7-2-3-13-9(7)5-8(10)11/h4-5,11H,2-3,6H2,1H3. The van der Waals surface area contributed by atoms with Crippen molar-refractivity contribution in [2.24, 2.45) is 0 Å². The fourth-order valence-corrected chi connectivity index (χ4v) is 1.43. The molecule has 14 heavy (non-hydrogen) atoms. The van der Waals surface area contributed by atoms with Gasteiger partial charge in [-0.15, -0.1) is 0 Å². The Morgan fingerprint density at radius 2 is 2.36 bits per heavy atom. The van der Waals surface area contributed by atoms with E-state index in [1.165, 1.54) is 7.11 Å². The van der Waals surface area contributed by atoms with Gasteiger partial charge >= 0.3 is 0 Å². The van der Waals surface area contributed by atoms with E-state index in [-0.39, 0.29) is 12.5 Å². The van der Waals surface area contributed by atoms with Gasteiger partial charge in [-0.2, -0.15) is 0 Å². The average molecular weight is 196 g/mol. The highest BCUT2D eigenvalue weighted by atomic mass is 16.7. The summed E-state index contributed by atoms with van der Waals surface area (Å²) in [6, 6.07) is 3.37. The minimum absolute atomic E-state index is 0.0858. The Morgan fingerprint density at radius 1 is 1.50 bits per heavy atom. The lowest BCUT2D eigenvalue weighted by Gasteiger charge is -2.08. The van der Waals surface area contributed by atoms with Gasteiger partial charge in [-0.05, 0) is 6.07 Å². The number of ether oxygens (including phenoxy) is 3. The first-order chi connectivity index (χ1) is 6.81. The summed E-state index contributed by atoms with van der Waals surface area (Å²) in [5.74, 6) is 1.27. The summed E-state index contributed by atoms with van der Waals surface area (Å²) in [5.41, 5.74) is 1.06. The van der Waals surface area contributed by atoms with Crippen molar-refractivity contribution in [2.45, 2.75) is 6.42 Å². The number of methoxy groups -OCH3 is 1. The molecule has 4 heteroatoms. The third-order valence-electron chi connectivity index (χ3n) is 2.10. The Morgan fingerprint density at radius 3 is 3.14 bits per heavy atom. The van der Waals surface area contributed by atoms with Crippen LogP contribution in [0.25, 0.3) is 0 Å². The fourth-order valence-electron chi connectivity index (χ4n) is 1.43. The first kappa shape index (κ1) is 9.15. The topological polar surface area (TPSA) is 47.9 Å². The summed E-state index contributed by atoms with van der Waals surface area (Å²) in [5, 5.41) is 9.54. The van der Waals surface area contributed by atoms with Gasteiger partial charge in [-0.3, -0.25) is 0 Å². The minimum Gasteiger partial charge on any atom is -0.504 e. The van der Waals surface area contributed by atoms with Gasteiger partial charge < -0.3 is 19.3 Å². The van der Waals surface area contributed by atoms with Crippen molar-refractivity contribution in [3.63, 3.8) is 0 Å². The molecule has 0 unspecified atom stereocenters. The Kier molecular flexibility index (Phi) is 2.45. The molecule has 0 fully saturated rings. The fraction of sp³-hybridized carbons (Fsp3) is 0.400. The van der Waals surface area contributed by atoms with E-state index in [0.29, 0.717) is 12.4 Å². The van der Waals surface area contributed by atoms with Crippen LogP contribution >= 0.6 is 0 Å². The molecular formula is C10H12O4. The molecule has 0 aromatic heterocycles. The molecular weight excluding hydrogens is 184 g/mol. The number of aromatic hydroxyl groups is 1. The van der Waals surface area contributed by atoms with Gasteiger partial charge in [0.1, 0.15) is 5.75 Å². The van der Waals surface area contributed by atoms with Crippen molar-refractivity contribution < 1.29 is 19.3 Å². The molecule has 4 nitrogen and oxygen atoms in total. The van der Waals surface area contributed by atoms with Crippen LogP contribution in [0.5, 0.6) is 17.2 Å². The molecule has 1 N–H and O–H groups in total. The van der Waals surface area contributed by atoms with Crippen LogP contribution in [-0.2, 0) is 11.2 Å². The summed E-state index contributed by atoms with van der Waals surface area (Å²) < 4.78 is 15.2. The van der Waals surface area contributed by atoms with Crippen LogP contribution in [0.1, 0.15) is 5.56 Å². The molecule has 0 bridgehead atoms. The van der Waals surface area contributed by atoms with Crippen LogP contribution < -0.4 is 9.47 Å². The molecule has 0 atom stereocenters. The first-order valence-corrected chi connectivity index (χ1v) is 4.41. The summed E-state index contributed by atoms with van der Waals surface area (Å²) in [4.78, 5) is 0. The van der Waals surface area contributed by atoms with E-state index in [1.54, 1.807) is 12.1 Å². The van der Waals surface area contributed by atoms with E-state index >= 15 is 0 Å². The molecule has 0 amide bonds. The van der Waals surface area contributed by atoms with Crippen LogP contribution in [0.15, 0.2) is 12.1 Å². The Balaban J connectivity index is 2.23. The maximum Gasteiger partial charge on any atom is 0.188 e. The predicted molar refractivity (Wildman–Crippen MR) is 49.8 cm³/mol. The zero-order valence-electron chi connectivity index (χ0n) is 7.95. The molecule has 2 rings (SSSR count). The number of hydrogen-bond acceptors (Lipinski definition) is 4. The summed E-state index contributed by atoms with van der Waals surface area (Å²) in [6.07, 6.45) is 0.860. The molecule has 1 aromatic carbocycles. The smallest absolute Gasteiger partial charge is 0.188 e. The van der Waals surface area contributed by atoms with Crippen LogP contribution in [0.3, 0.4) is 0 Å². The second-order valence-electron chi connectivity index (χ2n) is 3.08. The van der Waals surface area contributed by atoms with Gasteiger partial charge in [0.2, 0.25) is 0 Å². The molecule has 0 radical (unpaired) electrons. The molecule has 76 valence electrons. The Hall–Kier alpha value is -1.42. The zero-order valence-corrected chi connectivity index (χ0v) is 7.95. The third kappa shape index (κ3) is 1.61. The second kappa shape index (κ2) is 3.75. The highest BCUT2D eigenvalue weighted by Crippen LogP contribution is 2.36. The SMILES string of the molecule is COCOc1cc2c(cc1O)OCC2. The minimum atomic E-state index is 0.0858. The van der Waals surface area contributed by atoms with Gasteiger partial charge in [0, 0.05) is 25.2 Å². The van der Waals surface area contributed by atoms with E-state index < -0.39 is 0 Å². The largest absolute Gasteiger partial charge is 0.504 e. The van der Waals surface area contributed by atoms with Gasteiger partial charge in [-0.1, -0.05) is 0 Å². The Labute approximate surface area is 82.0 Å². The molecule has 1 aliphatic heterocycles.